The molecule has 0 bridgehead atoms. The normalized spacial score (nSPS) is 11.3. The Bertz CT molecular complexity index is 658. The molecule has 0 fully saturated rings. The molecule has 0 atom stereocenters. The molecule has 0 saturated heterocycles. The lowest BCUT2D eigenvalue weighted by molar-refractivity contribution is 0.233. The summed E-state index contributed by atoms with van der Waals surface area (Å²) in [5, 5.41) is 0. The summed E-state index contributed by atoms with van der Waals surface area (Å²) in [6.07, 6.45) is 1.12. The van der Waals surface area contributed by atoms with E-state index in [4.69, 9.17) is 4.42 Å². The molecule has 3 nitrogen and oxygen atoms in total. The highest BCUT2D eigenvalue weighted by molar-refractivity contribution is 5.72. The number of hydrogen-bond donors (Lipinski definition) is 0. The molecule has 0 aliphatic heterocycles. The molecule has 0 unspecified atom stereocenters. The summed E-state index contributed by atoms with van der Waals surface area (Å²) in [5.74, 6) is 0.792. The lowest BCUT2D eigenvalue weighted by Crippen LogP contribution is -2.23. The van der Waals surface area contributed by atoms with Crippen molar-refractivity contribution < 1.29 is 4.42 Å². The van der Waals surface area contributed by atoms with Crippen LogP contribution in [0.1, 0.15) is 24.8 Å². The SMILES string of the molecule is CCCN(Cc1ccccc1)Cc1nc2ccccc2o1. The number of hydrogen-bond acceptors (Lipinski definition) is 3. The predicted molar refractivity (Wildman–Crippen MR) is 84.9 cm³/mol. The van der Waals surface area contributed by atoms with E-state index >= 15 is 0 Å². The molecule has 0 saturated carbocycles. The minimum atomic E-state index is 0.747. The zero-order valence-electron chi connectivity index (χ0n) is 12.3. The van der Waals surface area contributed by atoms with Crippen LogP contribution in [-0.4, -0.2) is 16.4 Å². The van der Waals surface area contributed by atoms with Gasteiger partial charge in [-0.25, -0.2) is 4.98 Å². The highest BCUT2D eigenvalue weighted by atomic mass is 16.3. The number of oxazole rings is 1. The molecule has 3 rings (SSSR count). The van der Waals surface area contributed by atoms with Crippen molar-refractivity contribution in [3.8, 4) is 0 Å². The molecule has 0 spiro atoms. The smallest absolute Gasteiger partial charge is 0.209 e. The average molecular weight is 280 g/mol. The van der Waals surface area contributed by atoms with E-state index < -0.39 is 0 Å². The molecule has 0 aliphatic rings. The lowest BCUT2D eigenvalue weighted by Gasteiger charge is -2.19. The maximum Gasteiger partial charge on any atom is 0.209 e. The van der Waals surface area contributed by atoms with Gasteiger partial charge in [-0.05, 0) is 30.7 Å². The van der Waals surface area contributed by atoms with E-state index in [1.54, 1.807) is 0 Å². The van der Waals surface area contributed by atoms with Crippen molar-refractivity contribution >= 4 is 11.1 Å². The third-order valence-electron chi connectivity index (χ3n) is 3.49. The molecular weight excluding hydrogens is 260 g/mol. The molecule has 3 heteroatoms. The topological polar surface area (TPSA) is 29.3 Å². The van der Waals surface area contributed by atoms with Crippen LogP contribution in [0.25, 0.3) is 11.1 Å². The highest BCUT2D eigenvalue weighted by Gasteiger charge is 2.11. The largest absolute Gasteiger partial charge is 0.439 e. The zero-order valence-corrected chi connectivity index (χ0v) is 12.3. The van der Waals surface area contributed by atoms with E-state index in [0.29, 0.717) is 0 Å². The summed E-state index contributed by atoms with van der Waals surface area (Å²) < 4.78 is 5.83. The van der Waals surface area contributed by atoms with Gasteiger partial charge in [0.2, 0.25) is 5.89 Å². The van der Waals surface area contributed by atoms with Gasteiger partial charge in [-0.1, -0.05) is 49.4 Å². The molecule has 1 aromatic heterocycles. The summed E-state index contributed by atoms with van der Waals surface area (Å²) in [6, 6.07) is 18.5. The molecule has 108 valence electrons. The van der Waals surface area contributed by atoms with E-state index in [0.717, 1.165) is 43.0 Å². The summed E-state index contributed by atoms with van der Waals surface area (Å²) >= 11 is 0. The van der Waals surface area contributed by atoms with Gasteiger partial charge in [-0.2, -0.15) is 0 Å². The van der Waals surface area contributed by atoms with Crippen LogP contribution in [0, 0.1) is 0 Å². The number of benzene rings is 2. The second kappa shape index (κ2) is 6.55. The first-order valence-electron chi connectivity index (χ1n) is 7.46. The monoisotopic (exact) mass is 280 g/mol. The molecule has 21 heavy (non-hydrogen) atoms. The van der Waals surface area contributed by atoms with Gasteiger partial charge in [0.05, 0.1) is 6.54 Å². The van der Waals surface area contributed by atoms with Crippen LogP contribution in [0.2, 0.25) is 0 Å². The molecule has 0 radical (unpaired) electrons. The van der Waals surface area contributed by atoms with Crippen molar-refractivity contribution in [2.75, 3.05) is 6.54 Å². The first-order chi connectivity index (χ1) is 10.3. The molecule has 1 heterocycles. The molecule has 3 aromatic rings. The van der Waals surface area contributed by atoms with Crippen molar-refractivity contribution in [3.05, 3.63) is 66.1 Å². The summed E-state index contributed by atoms with van der Waals surface area (Å²) in [4.78, 5) is 6.94. The summed E-state index contributed by atoms with van der Waals surface area (Å²) in [7, 11) is 0. The van der Waals surface area contributed by atoms with Gasteiger partial charge in [0.1, 0.15) is 5.52 Å². The second-order valence-corrected chi connectivity index (χ2v) is 5.27. The fourth-order valence-electron chi connectivity index (χ4n) is 2.55. The van der Waals surface area contributed by atoms with E-state index in [-0.39, 0.29) is 0 Å². The maximum absolute atomic E-state index is 5.83. The first kappa shape index (κ1) is 13.8. The minimum absolute atomic E-state index is 0.747. The third kappa shape index (κ3) is 3.50. The van der Waals surface area contributed by atoms with Crippen LogP contribution in [0.5, 0.6) is 0 Å². The van der Waals surface area contributed by atoms with Crippen LogP contribution < -0.4 is 0 Å². The first-order valence-corrected chi connectivity index (χ1v) is 7.46. The number of aromatic nitrogens is 1. The fourth-order valence-corrected chi connectivity index (χ4v) is 2.55. The number of fused-ring (bicyclic) bond motifs is 1. The van der Waals surface area contributed by atoms with E-state index in [2.05, 4.69) is 47.1 Å². The van der Waals surface area contributed by atoms with Crippen LogP contribution in [0.4, 0.5) is 0 Å². The molecule has 0 aliphatic carbocycles. The van der Waals surface area contributed by atoms with Crippen LogP contribution in [0.15, 0.2) is 59.0 Å². The standard InChI is InChI=1S/C18H20N2O/c1-2-12-20(13-15-8-4-3-5-9-15)14-18-19-16-10-6-7-11-17(16)21-18/h3-11H,2,12-14H2,1H3. The Kier molecular flexibility index (Phi) is 4.31. The van der Waals surface area contributed by atoms with E-state index in [9.17, 15) is 0 Å². The van der Waals surface area contributed by atoms with Gasteiger partial charge in [0.15, 0.2) is 5.58 Å². The Morgan fingerprint density at radius 2 is 1.71 bits per heavy atom. The molecule has 0 amide bonds. The number of para-hydroxylation sites is 2. The highest BCUT2D eigenvalue weighted by Crippen LogP contribution is 2.17. The second-order valence-electron chi connectivity index (χ2n) is 5.27. The fraction of sp³-hybridized carbons (Fsp3) is 0.278. The maximum atomic E-state index is 5.83. The van der Waals surface area contributed by atoms with Crippen LogP contribution >= 0.6 is 0 Å². The van der Waals surface area contributed by atoms with Gasteiger partial charge in [0, 0.05) is 6.54 Å². The van der Waals surface area contributed by atoms with Crippen LogP contribution in [-0.2, 0) is 13.1 Å². The van der Waals surface area contributed by atoms with Crippen molar-refractivity contribution in [1.82, 2.24) is 9.88 Å². The Morgan fingerprint density at radius 1 is 0.952 bits per heavy atom. The Morgan fingerprint density at radius 3 is 2.48 bits per heavy atom. The van der Waals surface area contributed by atoms with Gasteiger partial charge in [-0.15, -0.1) is 0 Å². The quantitative estimate of drug-likeness (QED) is 0.676. The third-order valence-corrected chi connectivity index (χ3v) is 3.49. The average Bonchev–Trinajstić information content (AvgIpc) is 2.90. The van der Waals surface area contributed by atoms with Crippen molar-refractivity contribution in [2.24, 2.45) is 0 Å². The van der Waals surface area contributed by atoms with E-state index in [1.165, 1.54) is 5.56 Å². The van der Waals surface area contributed by atoms with Gasteiger partial charge in [0.25, 0.3) is 0 Å². The zero-order chi connectivity index (χ0) is 14.5. The van der Waals surface area contributed by atoms with Gasteiger partial charge >= 0.3 is 0 Å². The molecule has 2 aromatic carbocycles. The van der Waals surface area contributed by atoms with Crippen molar-refractivity contribution in [3.63, 3.8) is 0 Å². The van der Waals surface area contributed by atoms with E-state index in [1.807, 2.05) is 24.3 Å². The van der Waals surface area contributed by atoms with Crippen molar-refractivity contribution in [1.29, 1.82) is 0 Å². The van der Waals surface area contributed by atoms with Crippen molar-refractivity contribution in [2.45, 2.75) is 26.4 Å². The van der Waals surface area contributed by atoms with Gasteiger partial charge < -0.3 is 4.42 Å². The van der Waals surface area contributed by atoms with Gasteiger partial charge in [-0.3, -0.25) is 4.90 Å². The summed E-state index contributed by atoms with van der Waals surface area (Å²) in [5.41, 5.74) is 3.12. The lowest BCUT2D eigenvalue weighted by atomic mass is 10.2. The Balaban J connectivity index is 1.75. The number of nitrogens with zero attached hydrogens (tertiary/aromatic N) is 2. The minimum Gasteiger partial charge on any atom is -0.439 e. The Labute approximate surface area is 125 Å². The Hall–Kier alpha value is -2.13. The molecule has 0 N–H and O–H groups in total. The number of rotatable bonds is 6. The molecular formula is C18H20N2O. The predicted octanol–water partition coefficient (Wildman–Crippen LogP) is 4.24. The summed E-state index contributed by atoms with van der Waals surface area (Å²) in [6.45, 7) is 4.91. The van der Waals surface area contributed by atoms with Crippen LogP contribution in [0.3, 0.4) is 0 Å².